The van der Waals surface area contributed by atoms with E-state index in [0.29, 0.717) is 0 Å². The van der Waals surface area contributed by atoms with Crippen LogP contribution in [0.5, 0.6) is 23.0 Å². The molecule has 0 amide bonds. The number of nitriles is 1. The van der Waals surface area contributed by atoms with Crippen LogP contribution in [-0.4, -0.2) is 15.5 Å². The zero-order valence-corrected chi connectivity index (χ0v) is 13.8. The Morgan fingerprint density at radius 2 is 1.89 bits per heavy atom. The van der Waals surface area contributed by atoms with Crippen LogP contribution in [0.25, 0.3) is 0 Å². The fourth-order valence-corrected chi connectivity index (χ4v) is 3.68. The number of aromatic hydroxyl groups is 2. The lowest BCUT2D eigenvalue weighted by Crippen LogP contribution is -2.26. The molecular weight excluding hydrogens is 395 g/mol. The topological polar surface area (TPSA) is 99.5 Å². The van der Waals surface area contributed by atoms with Crippen molar-refractivity contribution in [2.45, 2.75) is 22.6 Å². The molecule has 0 fully saturated rings. The number of phenolic OH excluding ortho intramolecular Hbond substituents is 2. The van der Waals surface area contributed by atoms with Gasteiger partial charge in [-0.15, -0.1) is 0 Å². The van der Waals surface area contributed by atoms with Gasteiger partial charge >= 0.3 is 5.25 Å². The Hall–Kier alpha value is -2.71. The number of halogens is 5. The summed E-state index contributed by atoms with van der Waals surface area (Å²) < 4.78 is 73.6. The van der Waals surface area contributed by atoms with E-state index >= 15 is 0 Å². The van der Waals surface area contributed by atoms with Gasteiger partial charge in [-0.25, -0.2) is 13.2 Å². The first-order valence-electron chi connectivity index (χ1n) is 7.17. The van der Waals surface area contributed by atoms with Gasteiger partial charge in [-0.2, -0.15) is 14.0 Å². The molecule has 1 aliphatic rings. The predicted molar refractivity (Wildman–Crippen MR) is 83.6 cm³/mol. The average molecular weight is 404 g/mol. The number of nitrogens with zero attached hydrogens (tertiary/aromatic N) is 1. The molecule has 2 aromatic carbocycles. The molecule has 2 aromatic rings. The lowest BCUT2D eigenvalue weighted by atomic mass is 9.99. The fraction of sp³-hybridized carbons (Fsp3) is 0.188. The normalized spacial score (nSPS) is 17.6. The second kappa shape index (κ2) is 6.47. The van der Waals surface area contributed by atoms with Crippen LogP contribution >= 0.6 is 11.8 Å². The lowest BCUT2D eigenvalue weighted by molar-refractivity contribution is 0.0769. The molecule has 27 heavy (non-hydrogen) atoms. The van der Waals surface area contributed by atoms with Crippen molar-refractivity contribution >= 4 is 11.8 Å². The standard InChI is InChI=1S/C16H9F5N2O3S/c17-6-1-5(4-22)2-7(3-6)26-12-8(15(18)19)9-13(11(25)10(12)24)27-16(20,21)14(9)23/h1-3,14-15,24-25H,23H2. The zero-order valence-electron chi connectivity index (χ0n) is 13.0. The molecule has 5 nitrogen and oxygen atoms in total. The number of thioether (sulfide) groups is 1. The monoisotopic (exact) mass is 404 g/mol. The summed E-state index contributed by atoms with van der Waals surface area (Å²) in [5, 5.41) is 25.1. The molecule has 11 heteroatoms. The van der Waals surface area contributed by atoms with Crippen molar-refractivity contribution in [1.29, 1.82) is 5.26 Å². The van der Waals surface area contributed by atoms with E-state index in [1.54, 1.807) is 6.07 Å². The van der Waals surface area contributed by atoms with Gasteiger partial charge in [0.2, 0.25) is 5.75 Å². The molecule has 1 heterocycles. The quantitative estimate of drug-likeness (QED) is 0.513. The Balaban J connectivity index is 2.23. The van der Waals surface area contributed by atoms with Crippen molar-refractivity contribution < 1.29 is 36.9 Å². The average Bonchev–Trinajstić information content (AvgIpc) is 2.82. The van der Waals surface area contributed by atoms with Crippen LogP contribution in [0, 0.1) is 17.1 Å². The number of phenols is 2. The van der Waals surface area contributed by atoms with Gasteiger partial charge in [0.15, 0.2) is 11.5 Å². The second-order valence-corrected chi connectivity index (χ2v) is 6.67. The molecule has 0 spiro atoms. The molecule has 3 rings (SSSR count). The molecule has 0 saturated carbocycles. The maximum absolute atomic E-state index is 13.9. The summed E-state index contributed by atoms with van der Waals surface area (Å²) in [4.78, 5) is -0.690. The van der Waals surface area contributed by atoms with E-state index < -0.39 is 62.6 Å². The van der Waals surface area contributed by atoms with E-state index in [4.69, 9.17) is 15.7 Å². The largest absolute Gasteiger partial charge is 0.503 e. The molecule has 0 aromatic heterocycles. The number of benzene rings is 2. The minimum atomic E-state index is -3.71. The minimum absolute atomic E-state index is 0.216. The summed E-state index contributed by atoms with van der Waals surface area (Å²) in [5.41, 5.74) is 3.21. The number of rotatable bonds is 3. The van der Waals surface area contributed by atoms with Gasteiger partial charge in [0.05, 0.1) is 22.1 Å². The Bertz CT molecular complexity index is 978. The fourth-order valence-electron chi connectivity index (χ4n) is 2.62. The Morgan fingerprint density at radius 1 is 1.22 bits per heavy atom. The van der Waals surface area contributed by atoms with Crippen molar-refractivity contribution in [3.63, 3.8) is 0 Å². The SMILES string of the molecule is N#Cc1cc(F)cc(Oc2c(O)c(O)c3c(c2C(F)F)C(N)C(F)(F)S3)c1. The molecule has 142 valence electrons. The number of hydrogen-bond acceptors (Lipinski definition) is 6. The molecule has 1 atom stereocenters. The first kappa shape index (κ1) is 19.1. The maximum atomic E-state index is 13.9. The molecule has 0 saturated heterocycles. The first-order chi connectivity index (χ1) is 12.6. The number of hydrogen-bond donors (Lipinski definition) is 3. The Morgan fingerprint density at radius 3 is 2.48 bits per heavy atom. The summed E-state index contributed by atoms with van der Waals surface area (Å²) in [6.45, 7) is 0. The van der Waals surface area contributed by atoms with Crippen molar-refractivity contribution in [2.75, 3.05) is 0 Å². The van der Waals surface area contributed by atoms with Crippen LogP contribution < -0.4 is 10.5 Å². The number of fused-ring (bicyclic) bond motifs is 1. The third kappa shape index (κ3) is 3.11. The zero-order chi connectivity index (χ0) is 20.1. The van der Waals surface area contributed by atoms with Gasteiger partial charge in [-0.1, -0.05) is 0 Å². The molecule has 1 aliphatic heterocycles. The maximum Gasteiger partial charge on any atom is 0.317 e. The predicted octanol–water partition coefficient (Wildman–Crippen LogP) is 4.54. The van der Waals surface area contributed by atoms with E-state index in [1.807, 2.05) is 0 Å². The van der Waals surface area contributed by atoms with E-state index in [-0.39, 0.29) is 17.3 Å². The molecule has 0 bridgehead atoms. The third-order valence-electron chi connectivity index (χ3n) is 3.78. The molecule has 4 N–H and O–H groups in total. The number of nitrogens with two attached hydrogens (primary N) is 1. The lowest BCUT2D eigenvalue weighted by Gasteiger charge is -2.19. The summed E-state index contributed by atoms with van der Waals surface area (Å²) in [6.07, 6.45) is -3.41. The van der Waals surface area contributed by atoms with E-state index in [1.165, 1.54) is 0 Å². The van der Waals surface area contributed by atoms with Crippen LogP contribution in [0.4, 0.5) is 22.0 Å². The summed E-state index contributed by atoms with van der Waals surface area (Å²) >= 11 is -0.263. The highest BCUT2D eigenvalue weighted by Crippen LogP contribution is 2.62. The van der Waals surface area contributed by atoms with Crippen molar-refractivity contribution in [1.82, 2.24) is 0 Å². The molecular formula is C16H9F5N2O3S. The summed E-state index contributed by atoms with van der Waals surface area (Å²) in [5.74, 6) is -4.80. The minimum Gasteiger partial charge on any atom is -0.503 e. The van der Waals surface area contributed by atoms with Gasteiger partial charge in [-0.05, 0) is 23.9 Å². The van der Waals surface area contributed by atoms with Crippen molar-refractivity contribution in [2.24, 2.45) is 5.73 Å². The molecule has 0 aliphatic carbocycles. The van der Waals surface area contributed by atoms with Gasteiger partial charge in [0.25, 0.3) is 6.43 Å². The van der Waals surface area contributed by atoms with E-state index in [2.05, 4.69) is 0 Å². The van der Waals surface area contributed by atoms with Gasteiger partial charge < -0.3 is 20.7 Å². The summed E-state index contributed by atoms with van der Waals surface area (Å²) in [7, 11) is 0. The third-order valence-corrected chi connectivity index (χ3v) is 4.93. The second-order valence-electron chi connectivity index (χ2n) is 5.51. The van der Waals surface area contributed by atoms with E-state index in [9.17, 15) is 32.2 Å². The smallest absolute Gasteiger partial charge is 0.317 e. The van der Waals surface area contributed by atoms with Crippen LogP contribution in [-0.2, 0) is 0 Å². The van der Waals surface area contributed by atoms with E-state index in [0.717, 1.165) is 18.2 Å². The highest BCUT2D eigenvalue weighted by molar-refractivity contribution is 8.00. The molecule has 0 radical (unpaired) electrons. The van der Waals surface area contributed by atoms with Crippen LogP contribution in [0.1, 0.15) is 29.2 Å². The number of alkyl halides is 4. The number of ether oxygens (including phenoxy) is 1. The Kier molecular flexibility index (Phi) is 4.57. The highest BCUT2D eigenvalue weighted by Gasteiger charge is 2.52. The van der Waals surface area contributed by atoms with Gasteiger partial charge in [-0.3, -0.25) is 0 Å². The van der Waals surface area contributed by atoms with Crippen molar-refractivity contribution in [3.8, 4) is 29.1 Å². The first-order valence-corrected chi connectivity index (χ1v) is 7.99. The van der Waals surface area contributed by atoms with Crippen molar-refractivity contribution in [3.05, 3.63) is 40.7 Å². The van der Waals surface area contributed by atoms with Gasteiger partial charge in [0, 0.05) is 11.6 Å². The molecule has 1 unspecified atom stereocenters. The van der Waals surface area contributed by atoms with Crippen LogP contribution in [0.3, 0.4) is 0 Å². The summed E-state index contributed by atoms with van der Waals surface area (Å²) in [6, 6.07) is 1.96. The Labute approximate surface area is 152 Å². The van der Waals surface area contributed by atoms with Gasteiger partial charge in [0.1, 0.15) is 17.6 Å². The van der Waals surface area contributed by atoms with Crippen LogP contribution in [0.2, 0.25) is 0 Å². The highest BCUT2D eigenvalue weighted by atomic mass is 32.2. The van der Waals surface area contributed by atoms with Crippen LogP contribution in [0.15, 0.2) is 23.1 Å².